The van der Waals surface area contributed by atoms with Crippen molar-refractivity contribution in [1.82, 2.24) is 4.90 Å². The number of amides is 1. The number of methoxy groups -OCH3 is 1. The largest absolute Gasteiger partial charge is 0.497 e. The van der Waals surface area contributed by atoms with Crippen LogP contribution in [0.1, 0.15) is 6.92 Å². The highest BCUT2D eigenvalue weighted by atomic mass is 35.5. The number of nitrogens with zero attached hydrogens (tertiary/aromatic N) is 3. The third kappa shape index (κ3) is 6.11. The van der Waals surface area contributed by atoms with Gasteiger partial charge in [-0.3, -0.25) is 9.10 Å². The molecule has 37 heavy (non-hydrogen) atoms. The quantitative estimate of drug-likeness (QED) is 0.400. The maximum atomic E-state index is 13.7. The van der Waals surface area contributed by atoms with Gasteiger partial charge in [0.05, 0.1) is 24.3 Å². The number of hydrogen-bond acceptors (Lipinski definition) is 6. The first kappa shape index (κ1) is 26.6. The lowest BCUT2D eigenvalue weighted by atomic mass is 10.2. The number of hydrogen-bond donors (Lipinski definition) is 0. The zero-order chi connectivity index (χ0) is 26.4. The third-order valence-corrected chi connectivity index (χ3v) is 8.21. The molecule has 1 aliphatic heterocycles. The summed E-state index contributed by atoms with van der Waals surface area (Å²) in [7, 11) is -2.45. The SMILES string of the molecule is CCOc1ccccc1N(CC(=O)N1CCN(c2ccc(OC)cc2)CC1)S(=O)(=O)c1ccc(Cl)cc1. The molecule has 1 aliphatic rings. The van der Waals surface area contributed by atoms with Crippen LogP contribution in [-0.2, 0) is 14.8 Å². The van der Waals surface area contributed by atoms with E-state index in [0.29, 0.717) is 49.2 Å². The molecule has 3 aromatic rings. The van der Waals surface area contributed by atoms with Gasteiger partial charge in [0.2, 0.25) is 5.91 Å². The topological polar surface area (TPSA) is 79.4 Å². The van der Waals surface area contributed by atoms with E-state index in [-0.39, 0.29) is 17.3 Å². The second kappa shape index (κ2) is 11.7. The number of carbonyl (C=O) groups excluding carboxylic acids is 1. The molecule has 0 bridgehead atoms. The van der Waals surface area contributed by atoms with Crippen LogP contribution in [0, 0.1) is 0 Å². The molecule has 0 saturated carbocycles. The van der Waals surface area contributed by atoms with E-state index >= 15 is 0 Å². The number of para-hydroxylation sites is 2. The predicted octanol–water partition coefficient (Wildman–Crippen LogP) is 4.29. The summed E-state index contributed by atoms with van der Waals surface area (Å²) in [4.78, 5) is 17.4. The van der Waals surface area contributed by atoms with Crippen LogP contribution < -0.4 is 18.7 Å². The molecular formula is C27H30ClN3O5S. The molecule has 0 aliphatic carbocycles. The fraction of sp³-hybridized carbons (Fsp3) is 0.296. The number of halogens is 1. The van der Waals surface area contributed by atoms with Gasteiger partial charge in [0.1, 0.15) is 18.0 Å². The van der Waals surface area contributed by atoms with Crippen molar-refractivity contribution in [2.75, 3.05) is 55.6 Å². The highest BCUT2D eigenvalue weighted by molar-refractivity contribution is 7.92. The van der Waals surface area contributed by atoms with Crippen molar-refractivity contribution < 1.29 is 22.7 Å². The molecule has 4 rings (SSSR count). The fourth-order valence-electron chi connectivity index (χ4n) is 4.20. The molecule has 0 radical (unpaired) electrons. The summed E-state index contributed by atoms with van der Waals surface area (Å²) in [6, 6.07) is 20.5. The van der Waals surface area contributed by atoms with Crippen molar-refractivity contribution in [1.29, 1.82) is 0 Å². The van der Waals surface area contributed by atoms with Gasteiger partial charge < -0.3 is 19.3 Å². The number of piperazine rings is 1. The predicted molar refractivity (Wildman–Crippen MR) is 145 cm³/mol. The molecule has 0 atom stereocenters. The van der Waals surface area contributed by atoms with Gasteiger partial charge in [-0.2, -0.15) is 0 Å². The Balaban J connectivity index is 1.55. The summed E-state index contributed by atoms with van der Waals surface area (Å²) in [5, 5.41) is 0.422. The molecule has 0 spiro atoms. The molecule has 0 N–H and O–H groups in total. The van der Waals surface area contributed by atoms with Gasteiger partial charge in [-0.15, -0.1) is 0 Å². The third-order valence-electron chi connectivity index (χ3n) is 6.18. The number of anilines is 2. The van der Waals surface area contributed by atoms with Gasteiger partial charge in [0, 0.05) is 36.9 Å². The molecule has 196 valence electrons. The van der Waals surface area contributed by atoms with Gasteiger partial charge in [-0.05, 0) is 67.6 Å². The van der Waals surface area contributed by atoms with E-state index in [1.54, 1.807) is 36.3 Å². The van der Waals surface area contributed by atoms with Crippen LogP contribution in [0.15, 0.2) is 77.7 Å². The maximum Gasteiger partial charge on any atom is 0.264 e. The Morgan fingerprint density at radius 2 is 1.59 bits per heavy atom. The lowest BCUT2D eigenvalue weighted by molar-refractivity contribution is -0.129. The first-order chi connectivity index (χ1) is 17.8. The Morgan fingerprint density at radius 1 is 0.946 bits per heavy atom. The minimum atomic E-state index is -4.08. The average Bonchev–Trinajstić information content (AvgIpc) is 2.92. The molecule has 8 nitrogen and oxygen atoms in total. The molecule has 1 amide bonds. The Labute approximate surface area is 223 Å². The molecule has 1 heterocycles. The van der Waals surface area contributed by atoms with Crippen molar-refractivity contribution >= 4 is 38.9 Å². The lowest BCUT2D eigenvalue weighted by Gasteiger charge is -2.37. The molecule has 10 heteroatoms. The van der Waals surface area contributed by atoms with Gasteiger partial charge in [-0.25, -0.2) is 8.42 Å². The van der Waals surface area contributed by atoms with Gasteiger partial charge >= 0.3 is 0 Å². The Morgan fingerprint density at radius 3 is 2.22 bits per heavy atom. The van der Waals surface area contributed by atoms with Crippen LogP contribution in [0.5, 0.6) is 11.5 Å². The number of rotatable bonds is 9. The molecule has 3 aromatic carbocycles. The Bertz CT molecular complexity index is 1310. The van der Waals surface area contributed by atoms with Crippen LogP contribution in [0.4, 0.5) is 11.4 Å². The minimum absolute atomic E-state index is 0.0420. The van der Waals surface area contributed by atoms with E-state index in [2.05, 4.69) is 4.90 Å². The lowest BCUT2D eigenvalue weighted by Crippen LogP contribution is -2.52. The summed E-state index contributed by atoms with van der Waals surface area (Å²) in [6.45, 7) is 4.06. The van der Waals surface area contributed by atoms with E-state index < -0.39 is 10.0 Å². The normalized spacial score (nSPS) is 13.8. The summed E-state index contributed by atoms with van der Waals surface area (Å²) < 4.78 is 39.6. The summed E-state index contributed by atoms with van der Waals surface area (Å²) in [5.41, 5.74) is 1.36. The highest BCUT2D eigenvalue weighted by Gasteiger charge is 2.32. The van der Waals surface area contributed by atoms with Crippen molar-refractivity contribution in [2.45, 2.75) is 11.8 Å². The van der Waals surface area contributed by atoms with Gasteiger partial charge in [0.25, 0.3) is 10.0 Å². The van der Waals surface area contributed by atoms with Crippen LogP contribution in [0.25, 0.3) is 0 Å². The summed E-state index contributed by atoms with van der Waals surface area (Å²) in [5.74, 6) is 0.893. The van der Waals surface area contributed by atoms with Crippen LogP contribution >= 0.6 is 11.6 Å². The Hall–Kier alpha value is -3.43. The Kier molecular flexibility index (Phi) is 8.45. The molecule has 1 fully saturated rings. The number of carbonyl (C=O) groups is 1. The first-order valence-electron chi connectivity index (χ1n) is 12.0. The van der Waals surface area contributed by atoms with Crippen LogP contribution in [0.3, 0.4) is 0 Å². The zero-order valence-corrected chi connectivity index (χ0v) is 22.4. The fourth-order valence-corrected chi connectivity index (χ4v) is 5.75. The first-order valence-corrected chi connectivity index (χ1v) is 13.8. The monoisotopic (exact) mass is 543 g/mol. The number of ether oxygens (including phenoxy) is 2. The van der Waals surface area contributed by atoms with E-state index in [1.165, 1.54) is 24.3 Å². The molecule has 0 unspecified atom stereocenters. The summed E-state index contributed by atoms with van der Waals surface area (Å²) in [6.07, 6.45) is 0. The molecule has 0 aromatic heterocycles. The standard InChI is InChI=1S/C27H30ClN3O5S/c1-3-36-26-7-5-4-6-25(26)31(37(33,34)24-14-8-21(28)9-15-24)20-27(32)30-18-16-29(17-19-30)22-10-12-23(35-2)13-11-22/h4-15H,3,16-20H2,1-2H3. The van der Waals surface area contributed by atoms with E-state index in [4.69, 9.17) is 21.1 Å². The molecule has 1 saturated heterocycles. The van der Waals surface area contributed by atoms with Crippen LogP contribution in [-0.4, -0.2) is 65.7 Å². The average molecular weight is 544 g/mol. The minimum Gasteiger partial charge on any atom is -0.497 e. The van der Waals surface area contributed by atoms with Crippen LogP contribution in [0.2, 0.25) is 5.02 Å². The summed E-state index contributed by atoms with van der Waals surface area (Å²) >= 11 is 5.98. The number of sulfonamides is 1. The molecular weight excluding hydrogens is 514 g/mol. The second-order valence-corrected chi connectivity index (χ2v) is 10.7. The van der Waals surface area contributed by atoms with Crippen molar-refractivity contribution in [3.8, 4) is 11.5 Å². The second-order valence-electron chi connectivity index (χ2n) is 8.43. The highest BCUT2D eigenvalue weighted by Crippen LogP contribution is 2.33. The van der Waals surface area contributed by atoms with Crippen molar-refractivity contribution in [3.05, 3.63) is 77.8 Å². The smallest absolute Gasteiger partial charge is 0.264 e. The van der Waals surface area contributed by atoms with E-state index in [0.717, 1.165) is 15.7 Å². The van der Waals surface area contributed by atoms with E-state index in [9.17, 15) is 13.2 Å². The zero-order valence-electron chi connectivity index (χ0n) is 20.8. The van der Waals surface area contributed by atoms with Gasteiger partial charge in [-0.1, -0.05) is 23.7 Å². The van der Waals surface area contributed by atoms with Crippen molar-refractivity contribution in [3.63, 3.8) is 0 Å². The van der Waals surface area contributed by atoms with Gasteiger partial charge in [0.15, 0.2) is 0 Å². The van der Waals surface area contributed by atoms with Crippen molar-refractivity contribution in [2.24, 2.45) is 0 Å². The number of benzene rings is 3. The van der Waals surface area contributed by atoms with E-state index in [1.807, 2.05) is 31.2 Å². The maximum absolute atomic E-state index is 13.7.